The first-order chi connectivity index (χ1) is 11.8. The van der Waals surface area contributed by atoms with Crippen molar-refractivity contribution >= 4 is 32.4 Å². The van der Waals surface area contributed by atoms with E-state index in [0.717, 1.165) is 30.8 Å². The first-order valence-corrected chi connectivity index (χ1v) is 10.5. The third-order valence-corrected chi connectivity index (χ3v) is 6.36. The number of sulfonamides is 1. The van der Waals surface area contributed by atoms with Crippen molar-refractivity contribution in [3.05, 3.63) is 0 Å². The van der Waals surface area contributed by atoms with Crippen molar-refractivity contribution < 1.29 is 17.9 Å². The first-order valence-electron chi connectivity index (χ1n) is 8.20. The van der Waals surface area contributed by atoms with Crippen LogP contribution in [0.3, 0.4) is 0 Å². The number of ether oxygens (including phenoxy) is 1. The Morgan fingerprint density at radius 1 is 1.32 bits per heavy atom. The Morgan fingerprint density at radius 3 is 2.60 bits per heavy atom. The summed E-state index contributed by atoms with van der Waals surface area (Å²) in [5.41, 5.74) is 0. The summed E-state index contributed by atoms with van der Waals surface area (Å²) < 4.78 is 32.7. The first kappa shape index (κ1) is 20.2. The molecule has 1 unspecified atom stereocenters. The molecule has 1 aromatic heterocycles. The Balaban J connectivity index is 2.01. The van der Waals surface area contributed by atoms with Gasteiger partial charge in [-0.25, -0.2) is 13.1 Å². The Kier molecular flexibility index (Phi) is 7.25. The van der Waals surface area contributed by atoms with Gasteiger partial charge in [0, 0.05) is 32.6 Å². The maximum atomic E-state index is 12.4. The third-order valence-electron chi connectivity index (χ3n) is 3.73. The van der Waals surface area contributed by atoms with E-state index in [9.17, 15) is 13.2 Å². The highest BCUT2D eigenvalue weighted by Gasteiger charge is 2.26. The lowest BCUT2D eigenvalue weighted by molar-refractivity contribution is -0.114. The van der Waals surface area contributed by atoms with Crippen LogP contribution in [0, 0.1) is 5.92 Å². The maximum absolute atomic E-state index is 12.4. The van der Waals surface area contributed by atoms with Crippen molar-refractivity contribution in [2.45, 2.75) is 37.6 Å². The summed E-state index contributed by atoms with van der Waals surface area (Å²) in [5.74, 6) is 0.127. The highest BCUT2D eigenvalue weighted by Crippen LogP contribution is 2.20. The van der Waals surface area contributed by atoms with Crippen LogP contribution in [0.5, 0.6) is 0 Å². The summed E-state index contributed by atoms with van der Waals surface area (Å²) in [7, 11) is -3.76. The van der Waals surface area contributed by atoms with Gasteiger partial charge in [0.05, 0.1) is 13.2 Å². The van der Waals surface area contributed by atoms with E-state index in [1.165, 1.54) is 6.92 Å². The molecule has 1 aliphatic rings. The van der Waals surface area contributed by atoms with E-state index in [4.69, 9.17) is 4.74 Å². The number of hydrogen-bond donors (Lipinski definition) is 2. The number of rotatable bonds is 8. The number of nitrogens with one attached hydrogen (secondary N) is 2. The summed E-state index contributed by atoms with van der Waals surface area (Å²) in [4.78, 5) is 13.3. The summed E-state index contributed by atoms with van der Waals surface area (Å²) in [5, 5.41) is 9.94. The molecule has 1 atom stereocenters. The van der Waals surface area contributed by atoms with Crippen molar-refractivity contribution in [2.75, 3.05) is 38.2 Å². The number of carbonyl (C=O) groups excluding carboxylic acids is 1. The molecule has 0 spiro atoms. The third kappa shape index (κ3) is 6.26. The zero-order valence-electron chi connectivity index (χ0n) is 14.7. The lowest BCUT2D eigenvalue weighted by Crippen LogP contribution is -2.49. The molecular weight excluding hydrogens is 366 g/mol. The summed E-state index contributed by atoms with van der Waals surface area (Å²) >= 11 is 0.831. The smallest absolute Gasteiger partial charge is 0.269 e. The monoisotopic (exact) mass is 391 g/mol. The number of amides is 1. The SMILES string of the molecule is CC(=O)Nc1nnc(S(=O)(=O)NCC(CC(C)C)N2CCOCC2)s1. The van der Waals surface area contributed by atoms with Crippen LogP contribution in [0.4, 0.5) is 5.13 Å². The molecule has 9 nitrogen and oxygen atoms in total. The maximum Gasteiger partial charge on any atom is 0.269 e. The highest BCUT2D eigenvalue weighted by atomic mass is 32.2. The van der Waals surface area contributed by atoms with E-state index in [0.29, 0.717) is 25.7 Å². The fourth-order valence-corrected chi connectivity index (χ4v) is 4.69. The van der Waals surface area contributed by atoms with Crippen LogP contribution >= 0.6 is 11.3 Å². The minimum absolute atomic E-state index is 0.0985. The summed E-state index contributed by atoms with van der Waals surface area (Å²) in [6, 6.07) is 0.0985. The van der Waals surface area contributed by atoms with Gasteiger partial charge < -0.3 is 10.1 Å². The zero-order chi connectivity index (χ0) is 18.4. The van der Waals surface area contributed by atoms with Crippen molar-refractivity contribution in [3.63, 3.8) is 0 Å². The van der Waals surface area contributed by atoms with Gasteiger partial charge in [0.15, 0.2) is 0 Å². The van der Waals surface area contributed by atoms with Gasteiger partial charge in [0.25, 0.3) is 10.0 Å². The van der Waals surface area contributed by atoms with Crippen molar-refractivity contribution in [3.8, 4) is 0 Å². The average molecular weight is 392 g/mol. The van der Waals surface area contributed by atoms with Gasteiger partial charge in [-0.1, -0.05) is 25.2 Å². The summed E-state index contributed by atoms with van der Waals surface area (Å²) in [6.07, 6.45) is 0.885. The molecule has 0 radical (unpaired) electrons. The molecule has 0 bridgehead atoms. The molecule has 11 heteroatoms. The molecule has 1 amide bonds. The highest BCUT2D eigenvalue weighted by molar-refractivity contribution is 7.91. The number of nitrogens with zero attached hydrogens (tertiary/aromatic N) is 3. The van der Waals surface area contributed by atoms with Gasteiger partial charge >= 0.3 is 0 Å². The largest absolute Gasteiger partial charge is 0.379 e. The van der Waals surface area contributed by atoms with Crippen LogP contribution in [-0.4, -0.2) is 68.3 Å². The van der Waals surface area contributed by atoms with Crippen LogP contribution < -0.4 is 10.0 Å². The van der Waals surface area contributed by atoms with Crippen LogP contribution in [0.15, 0.2) is 4.34 Å². The molecule has 1 aliphatic heterocycles. The van der Waals surface area contributed by atoms with Gasteiger partial charge in [-0.05, 0) is 12.3 Å². The number of morpholine rings is 1. The number of hydrogen-bond acceptors (Lipinski definition) is 8. The fraction of sp³-hybridized carbons (Fsp3) is 0.786. The van der Waals surface area contributed by atoms with E-state index in [1.807, 2.05) is 0 Å². The molecule has 2 heterocycles. The Morgan fingerprint density at radius 2 is 2.00 bits per heavy atom. The van der Waals surface area contributed by atoms with Gasteiger partial charge in [0.1, 0.15) is 0 Å². The van der Waals surface area contributed by atoms with Crippen molar-refractivity contribution in [2.24, 2.45) is 5.92 Å². The molecule has 25 heavy (non-hydrogen) atoms. The standard InChI is InChI=1S/C14H25N5O4S2/c1-10(2)8-12(19-4-6-23-7-5-19)9-15-25(21,22)14-18-17-13(24-14)16-11(3)20/h10,12,15H,4-9H2,1-3H3,(H,16,17,20). The van der Waals surface area contributed by atoms with E-state index < -0.39 is 10.0 Å². The topological polar surface area (TPSA) is 114 Å². The summed E-state index contributed by atoms with van der Waals surface area (Å²) in [6.45, 7) is 8.78. The van der Waals surface area contributed by atoms with Gasteiger partial charge in [-0.3, -0.25) is 9.69 Å². The van der Waals surface area contributed by atoms with E-state index in [2.05, 4.69) is 39.0 Å². The van der Waals surface area contributed by atoms with Gasteiger partial charge in [0.2, 0.25) is 15.4 Å². The molecule has 2 N–H and O–H groups in total. The second kappa shape index (κ2) is 8.99. The molecule has 0 aliphatic carbocycles. The molecule has 2 rings (SSSR count). The molecule has 1 fully saturated rings. The quantitative estimate of drug-likeness (QED) is 0.621. The van der Waals surface area contributed by atoms with Crippen LogP contribution in [-0.2, 0) is 19.6 Å². The second-order valence-electron chi connectivity index (χ2n) is 6.34. The average Bonchev–Trinajstić information content (AvgIpc) is 3.00. The lowest BCUT2D eigenvalue weighted by Gasteiger charge is -2.35. The minimum atomic E-state index is -3.76. The second-order valence-corrected chi connectivity index (χ2v) is 9.26. The Hall–Kier alpha value is -1.14. The molecule has 1 aromatic rings. The van der Waals surface area contributed by atoms with E-state index >= 15 is 0 Å². The lowest BCUT2D eigenvalue weighted by atomic mass is 10.0. The Labute approximate surface area is 152 Å². The predicted octanol–water partition coefficient (Wildman–Crippen LogP) is 0.522. The molecule has 0 aromatic carbocycles. The predicted molar refractivity (Wildman–Crippen MR) is 95.0 cm³/mol. The molecule has 142 valence electrons. The molecule has 1 saturated heterocycles. The van der Waals surface area contributed by atoms with E-state index in [1.54, 1.807) is 0 Å². The van der Waals surface area contributed by atoms with Gasteiger partial charge in [-0.15, -0.1) is 10.2 Å². The Bertz CT molecular complexity index is 671. The van der Waals surface area contributed by atoms with Crippen molar-refractivity contribution in [1.29, 1.82) is 0 Å². The number of carbonyl (C=O) groups is 1. The molecular formula is C14H25N5O4S2. The zero-order valence-corrected chi connectivity index (χ0v) is 16.3. The van der Waals surface area contributed by atoms with E-state index in [-0.39, 0.29) is 21.4 Å². The van der Waals surface area contributed by atoms with Crippen LogP contribution in [0.25, 0.3) is 0 Å². The number of aromatic nitrogens is 2. The van der Waals surface area contributed by atoms with Crippen molar-refractivity contribution in [1.82, 2.24) is 19.8 Å². The minimum Gasteiger partial charge on any atom is -0.379 e. The molecule has 0 saturated carbocycles. The van der Waals surface area contributed by atoms with Gasteiger partial charge in [-0.2, -0.15) is 0 Å². The fourth-order valence-electron chi connectivity index (χ4n) is 2.64. The van der Waals surface area contributed by atoms with Crippen LogP contribution in [0.2, 0.25) is 0 Å². The number of anilines is 1. The van der Waals surface area contributed by atoms with Crippen LogP contribution in [0.1, 0.15) is 27.2 Å². The normalized spacial score (nSPS) is 17.6.